The molecule has 5 heteroatoms. The van der Waals surface area contributed by atoms with Crippen molar-refractivity contribution in [2.75, 3.05) is 13.7 Å². The van der Waals surface area contributed by atoms with E-state index in [0.717, 1.165) is 23.0 Å². The Bertz CT molecular complexity index is 618. The zero-order chi connectivity index (χ0) is 12.0. The van der Waals surface area contributed by atoms with E-state index >= 15 is 0 Å². The first-order valence-corrected chi connectivity index (χ1v) is 5.75. The lowest BCUT2D eigenvalue weighted by molar-refractivity contribution is 0.0947. The lowest BCUT2D eigenvalue weighted by Crippen LogP contribution is -2.31. The molecule has 1 aromatic heterocycles. The van der Waals surface area contributed by atoms with Gasteiger partial charge in [0.25, 0.3) is 5.91 Å². The molecule has 88 valence electrons. The second-order valence-electron chi connectivity index (χ2n) is 4.02. The van der Waals surface area contributed by atoms with Crippen molar-refractivity contribution in [2.24, 2.45) is 0 Å². The van der Waals surface area contributed by atoms with Crippen molar-refractivity contribution in [2.45, 2.75) is 6.42 Å². The Labute approximate surface area is 103 Å². The molecule has 2 aromatic rings. The fraction of sp³-hybridized carbons (Fsp3) is 0.250. The number of carbonyl (C=O) groups is 1. The molecule has 1 aliphatic rings. The highest BCUT2D eigenvalue weighted by Gasteiger charge is 2.22. The molecule has 17 heavy (non-hydrogen) atoms. The van der Waals surface area contributed by atoms with Crippen LogP contribution in [0.4, 0.5) is 0 Å². The lowest BCUT2D eigenvalue weighted by atomic mass is 10.1. The molecule has 0 spiro atoms. The Kier molecular flexibility index (Phi) is 2.26. The maximum atomic E-state index is 11.8. The zero-order valence-electron chi connectivity index (χ0n) is 9.26. The Balaban J connectivity index is 2.33. The molecule has 0 aliphatic carbocycles. The maximum Gasteiger partial charge on any atom is 0.253 e. The second kappa shape index (κ2) is 3.67. The van der Waals surface area contributed by atoms with Crippen LogP contribution in [0.5, 0.6) is 5.75 Å². The van der Waals surface area contributed by atoms with Gasteiger partial charge in [-0.25, -0.2) is 0 Å². The van der Waals surface area contributed by atoms with Gasteiger partial charge in [0.05, 0.1) is 17.7 Å². The van der Waals surface area contributed by atoms with Gasteiger partial charge in [0, 0.05) is 29.6 Å². The number of benzene rings is 1. The van der Waals surface area contributed by atoms with Gasteiger partial charge in [0.1, 0.15) is 5.75 Å². The molecule has 1 aliphatic heterocycles. The molecule has 2 N–H and O–H groups in total. The minimum Gasteiger partial charge on any atom is -0.495 e. The predicted octanol–water partition coefficient (Wildman–Crippen LogP) is 2.12. The number of carbonyl (C=O) groups excluding carboxylic acids is 1. The van der Waals surface area contributed by atoms with Crippen molar-refractivity contribution in [1.82, 2.24) is 10.3 Å². The summed E-state index contributed by atoms with van der Waals surface area (Å²) in [4.78, 5) is 15.1. The summed E-state index contributed by atoms with van der Waals surface area (Å²) in [5.74, 6) is 0.543. The van der Waals surface area contributed by atoms with Crippen molar-refractivity contribution < 1.29 is 9.53 Å². The number of nitrogens with one attached hydrogen (secondary N) is 2. The van der Waals surface area contributed by atoms with E-state index in [1.807, 2.05) is 0 Å². The number of rotatable bonds is 1. The summed E-state index contributed by atoms with van der Waals surface area (Å²) in [6.45, 7) is 0.670. The van der Waals surface area contributed by atoms with Crippen LogP contribution >= 0.6 is 11.6 Å². The number of halogens is 1. The smallest absolute Gasteiger partial charge is 0.253 e. The van der Waals surface area contributed by atoms with Crippen LogP contribution in [0.25, 0.3) is 10.9 Å². The van der Waals surface area contributed by atoms with E-state index < -0.39 is 0 Å². The summed E-state index contributed by atoms with van der Waals surface area (Å²) < 4.78 is 5.17. The van der Waals surface area contributed by atoms with Crippen molar-refractivity contribution in [1.29, 1.82) is 0 Å². The van der Waals surface area contributed by atoms with E-state index in [1.54, 1.807) is 19.2 Å². The molecule has 0 fully saturated rings. The number of hydrogen-bond donors (Lipinski definition) is 2. The fourth-order valence-corrected chi connectivity index (χ4v) is 2.48. The first-order chi connectivity index (χ1) is 8.20. The molecule has 0 radical (unpaired) electrons. The number of ether oxygens (including phenoxy) is 1. The Morgan fingerprint density at radius 1 is 1.41 bits per heavy atom. The van der Waals surface area contributed by atoms with E-state index in [0.29, 0.717) is 22.9 Å². The molecular formula is C12H11ClN2O2. The normalized spacial score (nSPS) is 14.6. The molecule has 1 amide bonds. The SMILES string of the molecule is COc1cc2c3c([nH]c2cc1Cl)CCNC3=O. The highest BCUT2D eigenvalue weighted by atomic mass is 35.5. The summed E-state index contributed by atoms with van der Waals surface area (Å²) in [6, 6.07) is 3.60. The number of amides is 1. The van der Waals surface area contributed by atoms with Crippen LogP contribution in [0.2, 0.25) is 5.02 Å². The van der Waals surface area contributed by atoms with Crippen LogP contribution in [0.3, 0.4) is 0 Å². The van der Waals surface area contributed by atoms with Gasteiger partial charge in [0.15, 0.2) is 0 Å². The monoisotopic (exact) mass is 250 g/mol. The molecular weight excluding hydrogens is 240 g/mol. The van der Waals surface area contributed by atoms with Gasteiger partial charge in [-0.2, -0.15) is 0 Å². The zero-order valence-corrected chi connectivity index (χ0v) is 10.0. The highest BCUT2D eigenvalue weighted by Crippen LogP contribution is 2.33. The average molecular weight is 251 g/mol. The van der Waals surface area contributed by atoms with Gasteiger partial charge >= 0.3 is 0 Å². The molecule has 0 saturated carbocycles. The molecule has 0 bridgehead atoms. The number of aromatic nitrogens is 1. The van der Waals surface area contributed by atoms with E-state index in [4.69, 9.17) is 16.3 Å². The van der Waals surface area contributed by atoms with E-state index in [9.17, 15) is 4.79 Å². The van der Waals surface area contributed by atoms with Crippen LogP contribution in [0, 0.1) is 0 Å². The first-order valence-electron chi connectivity index (χ1n) is 5.37. The largest absolute Gasteiger partial charge is 0.495 e. The molecule has 0 saturated heterocycles. The molecule has 0 unspecified atom stereocenters. The topological polar surface area (TPSA) is 54.1 Å². The lowest BCUT2D eigenvalue weighted by Gasteiger charge is -2.12. The van der Waals surface area contributed by atoms with Crippen molar-refractivity contribution in [3.63, 3.8) is 0 Å². The summed E-state index contributed by atoms with van der Waals surface area (Å²) in [7, 11) is 1.56. The van der Waals surface area contributed by atoms with Crippen LogP contribution in [-0.2, 0) is 6.42 Å². The third kappa shape index (κ3) is 1.48. The van der Waals surface area contributed by atoms with Crippen molar-refractivity contribution >= 4 is 28.4 Å². The number of H-pyrrole nitrogens is 1. The molecule has 3 rings (SSSR count). The number of fused-ring (bicyclic) bond motifs is 3. The second-order valence-corrected chi connectivity index (χ2v) is 4.42. The van der Waals surface area contributed by atoms with E-state index in [2.05, 4.69) is 10.3 Å². The minimum absolute atomic E-state index is 0.0399. The highest BCUT2D eigenvalue weighted by molar-refractivity contribution is 6.33. The predicted molar refractivity (Wildman–Crippen MR) is 65.9 cm³/mol. The van der Waals surface area contributed by atoms with Gasteiger partial charge in [-0.3, -0.25) is 4.79 Å². The van der Waals surface area contributed by atoms with Gasteiger partial charge in [0.2, 0.25) is 0 Å². The fourth-order valence-electron chi connectivity index (χ4n) is 2.24. The van der Waals surface area contributed by atoms with Gasteiger partial charge < -0.3 is 15.0 Å². The quantitative estimate of drug-likeness (QED) is 0.815. The van der Waals surface area contributed by atoms with E-state index in [1.165, 1.54) is 0 Å². The molecule has 1 aromatic carbocycles. The average Bonchev–Trinajstić information content (AvgIpc) is 2.66. The number of aromatic amines is 1. The molecule has 2 heterocycles. The van der Waals surface area contributed by atoms with Gasteiger partial charge in [-0.05, 0) is 12.1 Å². The summed E-state index contributed by atoms with van der Waals surface area (Å²) in [6.07, 6.45) is 0.815. The van der Waals surface area contributed by atoms with E-state index in [-0.39, 0.29) is 5.91 Å². The van der Waals surface area contributed by atoms with Crippen molar-refractivity contribution in [3.05, 3.63) is 28.4 Å². The minimum atomic E-state index is -0.0399. The number of hydrogen-bond acceptors (Lipinski definition) is 2. The maximum absolute atomic E-state index is 11.8. The Morgan fingerprint density at radius 3 is 3.00 bits per heavy atom. The Hall–Kier alpha value is -1.68. The molecule has 0 atom stereocenters. The van der Waals surface area contributed by atoms with Crippen LogP contribution in [0.1, 0.15) is 16.1 Å². The van der Waals surface area contributed by atoms with Gasteiger partial charge in [-0.15, -0.1) is 0 Å². The third-order valence-corrected chi connectivity index (χ3v) is 3.33. The summed E-state index contributed by atoms with van der Waals surface area (Å²) in [5, 5.41) is 4.24. The molecule has 4 nitrogen and oxygen atoms in total. The summed E-state index contributed by atoms with van der Waals surface area (Å²) >= 11 is 6.06. The number of methoxy groups -OCH3 is 1. The van der Waals surface area contributed by atoms with Crippen LogP contribution < -0.4 is 10.1 Å². The summed E-state index contributed by atoms with van der Waals surface area (Å²) in [5.41, 5.74) is 2.55. The first kappa shape index (κ1) is 10.5. The Morgan fingerprint density at radius 2 is 2.24 bits per heavy atom. The third-order valence-electron chi connectivity index (χ3n) is 3.04. The van der Waals surface area contributed by atoms with Crippen LogP contribution in [0.15, 0.2) is 12.1 Å². The van der Waals surface area contributed by atoms with Crippen LogP contribution in [-0.4, -0.2) is 24.5 Å². The van der Waals surface area contributed by atoms with Gasteiger partial charge in [-0.1, -0.05) is 11.6 Å². The van der Waals surface area contributed by atoms with Crippen molar-refractivity contribution in [3.8, 4) is 5.75 Å². The standard InChI is InChI=1S/C12H11ClN2O2/c1-17-10-4-6-9(5-7(10)13)15-8-2-3-14-12(16)11(6)8/h4-5,15H,2-3H2,1H3,(H,14,16).